The maximum atomic E-state index is 13.5. The number of fused-ring (bicyclic) bond motifs is 2. The second-order valence-corrected chi connectivity index (χ2v) is 16.1. The average molecular weight is 692 g/mol. The molecule has 3 unspecified atom stereocenters. The van der Waals surface area contributed by atoms with Crippen molar-refractivity contribution in [1.29, 1.82) is 0 Å². The Hall–Kier alpha value is -3.16. The van der Waals surface area contributed by atoms with Crippen molar-refractivity contribution in [2.24, 2.45) is 22.5 Å². The predicted octanol–water partition coefficient (Wildman–Crippen LogP) is 9.47. The summed E-state index contributed by atoms with van der Waals surface area (Å²) in [6.45, 7) is 22.1. The van der Waals surface area contributed by atoms with E-state index in [9.17, 15) is 9.59 Å². The Bertz CT molecular complexity index is 1540. The number of benzene rings is 2. The van der Waals surface area contributed by atoms with Crippen LogP contribution in [0.2, 0.25) is 5.02 Å². The Balaban J connectivity index is 0.000000393. The van der Waals surface area contributed by atoms with Crippen LogP contribution in [0.3, 0.4) is 0 Å². The van der Waals surface area contributed by atoms with E-state index in [1.807, 2.05) is 55.8 Å². The van der Waals surface area contributed by atoms with Crippen LogP contribution in [0.4, 0.5) is 0 Å². The zero-order valence-electron chi connectivity index (χ0n) is 31.8. The number of aryl methyl sites for hydroxylation is 1. The van der Waals surface area contributed by atoms with Crippen molar-refractivity contribution in [1.82, 2.24) is 20.4 Å². The van der Waals surface area contributed by atoms with Gasteiger partial charge in [0.1, 0.15) is 0 Å². The molecule has 7 nitrogen and oxygen atoms in total. The van der Waals surface area contributed by atoms with Crippen molar-refractivity contribution in [2.75, 3.05) is 0 Å². The van der Waals surface area contributed by atoms with E-state index in [0.29, 0.717) is 24.7 Å². The quantitative estimate of drug-likeness (QED) is 0.197. The second-order valence-electron chi connectivity index (χ2n) is 15.7. The number of amides is 2. The molecule has 0 radical (unpaired) electrons. The molecule has 2 aliphatic carbocycles. The molecule has 4 N–H and O–H groups in total. The first kappa shape index (κ1) is 40.3. The molecule has 270 valence electrons. The Labute approximate surface area is 301 Å². The number of nitrogens with zero attached hydrogens (tertiary/aromatic N) is 2. The highest BCUT2D eigenvalue weighted by molar-refractivity contribution is 6.31. The van der Waals surface area contributed by atoms with E-state index in [0.717, 1.165) is 45.8 Å². The van der Waals surface area contributed by atoms with Gasteiger partial charge < -0.3 is 16.4 Å². The number of halogens is 1. The van der Waals surface area contributed by atoms with Gasteiger partial charge >= 0.3 is 0 Å². The fraction of sp³-hybridized carbons (Fsp3) is 0.585. The lowest BCUT2D eigenvalue weighted by molar-refractivity contribution is -0.120. The van der Waals surface area contributed by atoms with Crippen LogP contribution in [-0.2, 0) is 17.9 Å². The molecule has 2 amide bonds. The van der Waals surface area contributed by atoms with Crippen LogP contribution < -0.4 is 16.4 Å². The Morgan fingerprint density at radius 3 is 2.14 bits per heavy atom. The van der Waals surface area contributed by atoms with Gasteiger partial charge in [-0.3, -0.25) is 14.3 Å². The van der Waals surface area contributed by atoms with Gasteiger partial charge in [0.25, 0.3) is 5.91 Å². The molecule has 2 saturated carbocycles. The lowest BCUT2D eigenvalue weighted by atomic mass is 9.68. The van der Waals surface area contributed by atoms with E-state index < -0.39 is 0 Å². The Morgan fingerprint density at radius 1 is 1.00 bits per heavy atom. The molecule has 8 heteroatoms. The number of aromatic nitrogens is 2. The Kier molecular flexibility index (Phi) is 14.1. The zero-order chi connectivity index (χ0) is 36.6. The first-order valence-corrected chi connectivity index (χ1v) is 18.6. The summed E-state index contributed by atoms with van der Waals surface area (Å²) in [5.41, 5.74) is 11.5. The summed E-state index contributed by atoms with van der Waals surface area (Å²) in [5, 5.41) is 11.8. The van der Waals surface area contributed by atoms with E-state index in [4.69, 9.17) is 22.4 Å². The van der Waals surface area contributed by atoms with Gasteiger partial charge in [-0.2, -0.15) is 5.10 Å². The first-order valence-electron chi connectivity index (χ1n) is 18.2. The van der Waals surface area contributed by atoms with Crippen LogP contribution in [0.1, 0.15) is 134 Å². The SMILES string of the molecule is CCCC.CCCC(C)(C)NC(C)=O.Cc1cc(-c2cc(C(=O)NC3C4(C)CCC(C4)C3(C)C)nn2Cc2ccc(CN)cc2)ccc1Cl. The number of hydrogen-bond acceptors (Lipinski definition) is 4. The van der Waals surface area contributed by atoms with Gasteiger partial charge in [-0.1, -0.05) is 103 Å². The van der Waals surface area contributed by atoms with Crippen LogP contribution in [0, 0.1) is 23.7 Å². The number of nitrogens with one attached hydrogen (secondary N) is 2. The van der Waals surface area contributed by atoms with Crippen LogP contribution in [0.25, 0.3) is 11.3 Å². The molecular formula is C41H62ClN5O2. The standard InChI is InChI=1S/C29H35ClN4O.C8H17NO.C4H10/c1-18-13-21(9-10-23(18)30)25-14-24(33-34(25)17-20-7-5-19(16-31)6-8-20)26(35)32-27-28(2,3)22-11-12-29(27,4)15-22;1-5-6-8(3,4)9-7(2)10;1-3-4-2/h5-10,13-14,22,27H,11-12,15-17,31H2,1-4H3,(H,32,35);5-6H2,1-4H3,(H,9,10);3-4H2,1-2H3. The molecule has 0 saturated heterocycles. The third kappa shape index (κ3) is 10.4. The molecule has 2 fully saturated rings. The van der Waals surface area contributed by atoms with Crippen LogP contribution in [-0.4, -0.2) is 33.2 Å². The van der Waals surface area contributed by atoms with E-state index in [-0.39, 0.29) is 34.2 Å². The lowest BCUT2D eigenvalue weighted by Crippen LogP contribution is -2.52. The minimum absolute atomic E-state index is 0.0272. The zero-order valence-corrected chi connectivity index (χ0v) is 32.6. The monoisotopic (exact) mass is 691 g/mol. The van der Waals surface area contributed by atoms with E-state index in [1.165, 1.54) is 32.1 Å². The topological polar surface area (TPSA) is 102 Å². The fourth-order valence-electron chi connectivity index (χ4n) is 7.67. The van der Waals surface area contributed by atoms with Crippen LogP contribution in [0.15, 0.2) is 48.5 Å². The molecule has 0 spiro atoms. The predicted molar refractivity (Wildman–Crippen MR) is 205 cm³/mol. The number of nitrogens with two attached hydrogens (primary N) is 1. The molecule has 2 aromatic carbocycles. The Morgan fingerprint density at radius 2 is 1.63 bits per heavy atom. The molecule has 2 bridgehead atoms. The van der Waals surface area contributed by atoms with Gasteiger partial charge in [0.2, 0.25) is 5.91 Å². The first-order chi connectivity index (χ1) is 23.0. The van der Waals surface area contributed by atoms with Crippen LogP contribution in [0.5, 0.6) is 0 Å². The molecule has 1 heterocycles. The summed E-state index contributed by atoms with van der Waals surface area (Å²) >= 11 is 6.29. The molecule has 0 aliphatic heterocycles. The third-order valence-electron chi connectivity index (χ3n) is 10.5. The van der Waals surface area contributed by atoms with E-state index >= 15 is 0 Å². The number of carbonyl (C=O) groups excluding carboxylic acids is 2. The van der Waals surface area contributed by atoms with Crippen molar-refractivity contribution in [3.63, 3.8) is 0 Å². The van der Waals surface area contributed by atoms with Crippen molar-refractivity contribution < 1.29 is 9.59 Å². The van der Waals surface area contributed by atoms with Crippen molar-refractivity contribution in [3.8, 4) is 11.3 Å². The smallest absolute Gasteiger partial charge is 0.272 e. The average Bonchev–Trinajstić information content (AvgIpc) is 3.70. The maximum Gasteiger partial charge on any atom is 0.272 e. The highest BCUT2D eigenvalue weighted by Gasteiger charge is 2.59. The molecule has 2 aliphatic rings. The van der Waals surface area contributed by atoms with E-state index in [2.05, 4.69) is 70.4 Å². The number of unbranched alkanes of at least 4 members (excludes halogenated alkanes) is 1. The minimum atomic E-state index is -0.0963. The van der Waals surface area contributed by atoms with Crippen molar-refractivity contribution in [3.05, 3.63) is 75.9 Å². The fourth-order valence-corrected chi connectivity index (χ4v) is 7.79. The summed E-state index contributed by atoms with van der Waals surface area (Å²) in [6.07, 6.45) is 8.40. The van der Waals surface area contributed by atoms with Gasteiger partial charge in [-0.15, -0.1) is 0 Å². The second kappa shape index (κ2) is 17.2. The van der Waals surface area contributed by atoms with Crippen molar-refractivity contribution in [2.45, 2.75) is 139 Å². The summed E-state index contributed by atoms with van der Waals surface area (Å²) in [6, 6.07) is 16.2. The van der Waals surface area contributed by atoms with Gasteiger partial charge in [0, 0.05) is 35.6 Å². The summed E-state index contributed by atoms with van der Waals surface area (Å²) in [5.74, 6) is 0.624. The number of carbonyl (C=O) groups is 2. The van der Waals surface area contributed by atoms with Gasteiger partial charge in [-0.05, 0) is 98.1 Å². The molecular weight excluding hydrogens is 630 g/mol. The van der Waals surface area contributed by atoms with Gasteiger partial charge in [0.05, 0.1) is 12.2 Å². The van der Waals surface area contributed by atoms with Crippen LogP contribution >= 0.6 is 11.6 Å². The normalized spacial score (nSPS) is 20.5. The molecule has 49 heavy (non-hydrogen) atoms. The molecule has 5 rings (SSSR count). The molecule has 1 aromatic heterocycles. The molecule has 3 atom stereocenters. The maximum absolute atomic E-state index is 13.5. The minimum Gasteiger partial charge on any atom is -0.351 e. The number of rotatable bonds is 10. The highest BCUT2D eigenvalue weighted by atomic mass is 35.5. The largest absolute Gasteiger partial charge is 0.351 e. The highest BCUT2D eigenvalue weighted by Crippen LogP contribution is 2.62. The molecule has 3 aromatic rings. The van der Waals surface area contributed by atoms with E-state index in [1.54, 1.807) is 6.92 Å². The van der Waals surface area contributed by atoms with Gasteiger partial charge in [0.15, 0.2) is 5.69 Å². The van der Waals surface area contributed by atoms with Crippen molar-refractivity contribution >= 4 is 23.4 Å². The third-order valence-corrected chi connectivity index (χ3v) is 10.9. The summed E-state index contributed by atoms with van der Waals surface area (Å²) in [4.78, 5) is 24.2. The lowest BCUT2D eigenvalue weighted by Gasteiger charge is -2.42. The number of hydrogen-bond donors (Lipinski definition) is 3. The van der Waals surface area contributed by atoms with Gasteiger partial charge in [-0.25, -0.2) is 0 Å². The summed E-state index contributed by atoms with van der Waals surface area (Å²) in [7, 11) is 0. The summed E-state index contributed by atoms with van der Waals surface area (Å²) < 4.78 is 1.92.